The minimum atomic E-state index is 0.460. The lowest BCUT2D eigenvalue weighted by Gasteiger charge is -2.17. The summed E-state index contributed by atoms with van der Waals surface area (Å²) in [4.78, 5) is 2.47. The van der Waals surface area contributed by atoms with Gasteiger partial charge in [-0.2, -0.15) is 0 Å². The summed E-state index contributed by atoms with van der Waals surface area (Å²) in [5.74, 6) is 1.85. The van der Waals surface area contributed by atoms with E-state index in [-0.39, 0.29) is 0 Å². The second-order valence-corrected chi connectivity index (χ2v) is 6.41. The highest BCUT2D eigenvalue weighted by Crippen LogP contribution is 2.58. The molecule has 0 amide bonds. The number of hydrogen-bond donors (Lipinski definition) is 0. The molecule has 0 spiro atoms. The molecule has 0 N–H and O–H groups in total. The molecule has 2 atom stereocenters. The molecule has 1 aliphatic heterocycles. The van der Waals surface area contributed by atoms with E-state index in [1.54, 1.807) is 0 Å². The summed E-state index contributed by atoms with van der Waals surface area (Å²) in [5, 5.41) is 2.61. The first kappa shape index (κ1) is 12.2. The Bertz CT molecular complexity index is 666. The Morgan fingerprint density at radius 2 is 2.00 bits per heavy atom. The van der Waals surface area contributed by atoms with E-state index < -0.39 is 0 Å². The molecular weight excluding hydrogens is 246 g/mol. The van der Waals surface area contributed by atoms with Gasteiger partial charge in [0.2, 0.25) is 0 Å². The first-order valence-corrected chi connectivity index (χ1v) is 7.57. The summed E-state index contributed by atoms with van der Waals surface area (Å²) >= 11 is 0. The highest BCUT2D eigenvalue weighted by atomic mass is 16.5. The largest absolute Gasteiger partial charge is 0.494 e. The second kappa shape index (κ2) is 4.23. The van der Waals surface area contributed by atoms with Crippen molar-refractivity contribution in [2.45, 2.75) is 18.8 Å². The molecule has 1 saturated heterocycles. The third-order valence-corrected chi connectivity index (χ3v) is 5.01. The van der Waals surface area contributed by atoms with E-state index in [2.05, 4.69) is 48.3 Å². The lowest BCUT2D eigenvalue weighted by Crippen LogP contribution is -2.22. The van der Waals surface area contributed by atoms with E-state index in [1.165, 1.54) is 35.8 Å². The molecule has 0 radical (unpaired) electrons. The number of likely N-dealkylation sites (tertiary alicyclic amines) is 1. The van der Waals surface area contributed by atoms with Crippen LogP contribution in [-0.4, -0.2) is 31.6 Å². The highest BCUT2D eigenvalue weighted by molar-refractivity contribution is 5.85. The Morgan fingerprint density at radius 1 is 1.20 bits per heavy atom. The molecule has 0 bridgehead atoms. The van der Waals surface area contributed by atoms with Gasteiger partial charge in [-0.3, -0.25) is 0 Å². The molecule has 2 aliphatic rings. The molecular formula is C18H21NO. The molecule has 104 valence electrons. The average Bonchev–Trinajstić information content (AvgIpc) is 3.02. The van der Waals surface area contributed by atoms with Crippen LogP contribution in [0.15, 0.2) is 36.4 Å². The number of fused-ring (bicyclic) bond motifs is 2. The smallest absolute Gasteiger partial charge is 0.119 e. The topological polar surface area (TPSA) is 12.5 Å². The molecule has 2 fully saturated rings. The standard InChI is InChI=1S/C18H21NO/c1-3-20-17-7-5-13-8-15(6-4-14(13)9-17)18-10-16(18)11-19(2)12-18/h4-9,16H,3,10-12H2,1-2H3. The fraction of sp³-hybridized carbons (Fsp3) is 0.444. The van der Waals surface area contributed by atoms with Crippen LogP contribution < -0.4 is 4.74 Å². The van der Waals surface area contributed by atoms with Gasteiger partial charge in [-0.25, -0.2) is 0 Å². The monoisotopic (exact) mass is 267 g/mol. The van der Waals surface area contributed by atoms with E-state index in [9.17, 15) is 0 Å². The van der Waals surface area contributed by atoms with Crippen LogP contribution in [-0.2, 0) is 5.41 Å². The Hall–Kier alpha value is -1.54. The minimum absolute atomic E-state index is 0.460. The first-order chi connectivity index (χ1) is 9.71. The SMILES string of the molecule is CCOc1ccc2cc(C34CC3CN(C)C4)ccc2c1. The van der Waals surface area contributed by atoms with Gasteiger partial charge in [0.25, 0.3) is 0 Å². The molecule has 2 nitrogen and oxygen atoms in total. The molecule has 0 aromatic heterocycles. The van der Waals surface area contributed by atoms with Gasteiger partial charge in [0.1, 0.15) is 5.75 Å². The predicted octanol–water partition coefficient (Wildman–Crippen LogP) is 3.44. The van der Waals surface area contributed by atoms with Crippen molar-refractivity contribution in [3.05, 3.63) is 42.0 Å². The zero-order valence-electron chi connectivity index (χ0n) is 12.2. The number of piperidine rings is 1. The lowest BCUT2D eigenvalue weighted by atomic mass is 9.93. The molecule has 2 aromatic rings. The number of nitrogens with zero attached hydrogens (tertiary/aromatic N) is 1. The van der Waals surface area contributed by atoms with Crippen LogP contribution in [0.25, 0.3) is 10.8 Å². The van der Waals surface area contributed by atoms with E-state index in [4.69, 9.17) is 4.74 Å². The molecule has 2 unspecified atom stereocenters. The minimum Gasteiger partial charge on any atom is -0.494 e. The van der Waals surface area contributed by atoms with Crippen molar-refractivity contribution in [3.8, 4) is 5.75 Å². The molecule has 4 rings (SSSR count). The van der Waals surface area contributed by atoms with Crippen LogP contribution in [0.2, 0.25) is 0 Å². The van der Waals surface area contributed by atoms with Gasteiger partial charge in [-0.05, 0) is 54.8 Å². The fourth-order valence-electron chi connectivity index (χ4n) is 3.97. The van der Waals surface area contributed by atoms with Gasteiger partial charge in [0, 0.05) is 18.5 Å². The normalized spacial score (nSPS) is 28.6. The summed E-state index contributed by atoms with van der Waals surface area (Å²) in [6.45, 7) is 5.23. The number of ether oxygens (including phenoxy) is 1. The van der Waals surface area contributed by atoms with Gasteiger partial charge in [-0.15, -0.1) is 0 Å². The van der Waals surface area contributed by atoms with E-state index in [0.717, 1.165) is 18.3 Å². The van der Waals surface area contributed by atoms with Crippen LogP contribution in [0.5, 0.6) is 5.75 Å². The Morgan fingerprint density at radius 3 is 2.75 bits per heavy atom. The van der Waals surface area contributed by atoms with Gasteiger partial charge < -0.3 is 9.64 Å². The maximum atomic E-state index is 5.58. The third kappa shape index (κ3) is 1.75. The van der Waals surface area contributed by atoms with E-state index in [0.29, 0.717) is 5.41 Å². The first-order valence-electron chi connectivity index (χ1n) is 7.57. The Balaban J connectivity index is 1.71. The number of benzene rings is 2. The number of rotatable bonds is 3. The summed E-state index contributed by atoms with van der Waals surface area (Å²) < 4.78 is 5.58. The maximum absolute atomic E-state index is 5.58. The summed E-state index contributed by atoms with van der Waals surface area (Å²) in [6, 6.07) is 13.4. The van der Waals surface area contributed by atoms with Crippen molar-refractivity contribution >= 4 is 10.8 Å². The number of likely N-dealkylation sites (N-methyl/N-ethyl adjacent to an activating group) is 1. The highest BCUT2D eigenvalue weighted by Gasteiger charge is 2.59. The second-order valence-electron chi connectivity index (χ2n) is 6.41. The molecule has 20 heavy (non-hydrogen) atoms. The Labute approximate surface area is 120 Å². The van der Waals surface area contributed by atoms with Crippen molar-refractivity contribution in [2.75, 3.05) is 26.7 Å². The molecule has 1 heterocycles. The van der Waals surface area contributed by atoms with Crippen LogP contribution in [0, 0.1) is 5.92 Å². The fourth-order valence-corrected chi connectivity index (χ4v) is 3.97. The predicted molar refractivity (Wildman–Crippen MR) is 82.4 cm³/mol. The summed E-state index contributed by atoms with van der Waals surface area (Å²) in [5.41, 5.74) is 1.99. The third-order valence-electron chi connectivity index (χ3n) is 5.01. The van der Waals surface area contributed by atoms with E-state index >= 15 is 0 Å². The molecule has 1 saturated carbocycles. The van der Waals surface area contributed by atoms with Crippen molar-refractivity contribution in [3.63, 3.8) is 0 Å². The number of hydrogen-bond acceptors (Lipinski definition) is 2. The van der Waals surface area contributed by atoms with Gasteiger partial charge in [-0.1, -0.05) is 24.3 Å². The van der Waals surface area contributed by atoms with Crippen LogP contribution in [0.3, 0.4) is 0 Å². The average molecular weight is 267 g/mol. The van der Waals surface area contributed by atoms with Crippen molar-refractivity contribution in [1.82, 2.24) is 4.90 Å². The molecule has 2 heteroatoms. The zero-order chi connectivity index (χ0) is 13.7. The summed E-state index contributed by atoms with van der Waals surface area (Å²) in [6.07, 6.45) is 1.37. The maximum Gasteiger partial charge on any atom is 0.119 e. The van der Waals surface area contributed by atoms with Crippen molar-refractivity contribution < 1.29 is 4.74 Å². The summed E-state index contributed by atoms with van der Waals surface area (Å²) in [7, 11) is 2.24. The Kier molecular flexibility index (Phi) is 2.58. The molecule has 1 aliphatic carbocycles. The quantitative estimate of drug-likeness (QED) is 0.844. The van der Waals surface area contributed by atoms with Crippen LogP contribution in [0.4, 0.5) is 0 Å². The lowest BCUT2D eigenvalue weighted by molar-refractivity contribution is 0.341. The van der Waals surface area contributed by atoms with Gasteiger partial charge >= 0.3 is 0 Å². The zero-order valence-corrected chi connectivity index (χ0v) is 12.2. The van der Waals surface area contributed by atoms with Crippen molar-refractivity contribution in [1.29, 1.82) is 0 Å². The van der Waals surface area contributed by atoms with Crippen LogP contribution in [0.1, 0.15) is 18.9 Å². The van der Waals surface area contributed by atoms with Crippen LogP contribution >= 0.6 is 0 Å². The van der Waals surface area contributed by atoms with Crippen molar-refractivity contribution in [2.24, 2.45) is 5.92 Å². The molecule has 2 aromatic carbocycles. The van der Waals surface area contributed by atoms with Gasteiger partial charge in [0.15, 0.2) is 0 Å². The van der Waals surface area contributed by atoms with Gasteiger partial charge in [0.05, 0.1) is 6.61 Å². The van der Waals surface area contributed by atoms with E-state index in [1.807, 2.05) is 6.92 Å².